The molecule has 1 atom stereocenters. The van der Waals surface area contributed by atoms with Gasteiger partial charge < -0.3 is 19.5 Å². The molecule has 0 aliphatic carbocycles. The lowest BCUT2D eigenvalue weighted by Crippen LogP contribution is -2.35. The van der Waals surface area contributed by atoms with Crippen molar-refractivity contribution in [1.82, 2.24) is 15.1 Å². The van der Waals surface area contributed by atoms with Crippen molar-refractivity contribution in [3.05, 3.63) is 60.3 Å². The fourth-order valence-electron chi connectivity index (χ4n) is 3.04. The van der Waals surface area contributed by atoms with Crippen LogP contribution in [0.2, 0.25) is 0 Å². The Morgan fingerprint density at radius 2 is 1.86 bits per heavy atom. The van der Waals surface area contributed by atoms with Crippen LogP contribution in [0, 0.1) is 0 Å². The smallest absolute Gasteiger partial charge is 0.255 e. The summed E-state index contributed by atoms with van der Waals surface area (Å²) in [5.74, 6) is 0.999. The maximum absolute atomic E-state index is 13.0. The number of hydrogen-bond donors (Lipinski definition) is 1. The van der Waals surface area contributed by atoms with Crippen molar-refractivity contribution in [2.75, 3.05) is 27.9 Å². The van der Waals surface area contributed by atoms with Crippen LogP contribution in [0.15, 0.2) is 54.7 Å². The molecule has 7 heteroatoms. The highest BCUT2D eigenvalue weighted by atomic mass is 16.5. The Balaban J connectivity index is 2.09. The first-order valence-electron chi connectivity index (χ1n) is 9.24. The highest BCUT2D eigenvalue weighted by molar-refractivity contribution is 6.00. The van der Waals surface area contributed by atoms with Crippen LogP contribution >= 0.6 is 0 Å². The van der Waals surface area contributed by atoms with Gasteiger partial charge in [-0.1, -0.05) is 18.2 Å². The van der Waals surface area contributed by atoms with Crippen molar-refractivity contribution in [2.45, 2.75) is 13.0 Å². The molecule has 3 aromatic rings. The molecular formula is C22H25N3O4. The zero-order valence-corrected chi connectivity index (χ0v) is 17.0. The molecule has 1 aromatic heterocycles. The molecule has 152 valence electrons. The quantitative estimate of drug-likeness (QED) is 0.633. The predicted octanol–water partition coefficient (Wildman–Crippen LogP) is 3.32. The van der Waals surface area contributed by atoms with E-state index >= 15 is 0 Å². The van der Waals surface area contributed by atoms with E-state index in [2.05, 4.69) is 5.32 Å². The lowest BCUT2D eigenvalue weighted by atomic mass is 10.1. The van der Waals surface area contributed by atoms with Crippen LogP contribution < -0.4 is 14.8 Å². The van der Waals surface area contributed by atoms with Gasteiger partial charge in [0.25, 0.3) is 5.91 Å². The number of nitrogens with one attached hydrogen (secondary N) is 1. The Kier molecular flexibility index (Phi) is 6.51. The van der Waals surface area contributed by atoms with E-state index < -0.39 is 0 Å². The molecule has 1 N–H and O–H groups in total. The Hall–Kier alpha value is -3.32. The topological polar surface area (TPSA) is 74.6 Å². The Morgan fingerprint density at radius 1 is 1.10 bits per heavy atom. The minimum absolute atomic E-state index is 0.141. The molecule has 1 unspecified atom stereocenters. The van der Waals surface area contributed by atoms with Crippen LogP contribution in [0.1, 0.15) is 17.3 Å². The summed E-state index contributed by atoms with van der Waals surface area (Å²) >= 11 is 0. The summed E-state index contributed by atoms with van der Waals surface area (Å²) in [6.07, 6.45) is 1.73. The van der Waals surface area contributed by atoms with Crippen molar-refractivity contribution in [3.63, 3.8) is 0 Å². The molecule has 0 saturated carbocycles. The highest BCUT2D eigenvalue weighted by Gasteiger charge is 2.22. The Bertz CT molecular complexity index is 969. The maximum atomic E-state index is 13.0. The zero-order valence-electron chi connectivity index (χ0n) is 17.0. The minimum atomic E-state index is -0.232. The summed E-state index contributed by atoms with van der Waals surface area (Å²) in [6.45, 7) is 2.30. The Labute approximate surface area is 170 Å². The van der Waals surface area contributed by atoms with E-state index in [0.29, 0.717) is 34.9 Å². The van der Waals surface area contributed by atoms with Gasteiger partial charge in [-0.2, -0.15) is 5.10 Å². The number of amides is 1. The third-order valence-electron chi connectivity index (χ3n) is 4.44. The predicted molar refractivity (Wildman–Crippen MR) is 111 cm³/mol. The number of aromatic nitrogens is 2. The van der Waals surface area contributed by atoms with Crippen molar-refractivity contribution in [1.29, 1.82) is 0 Å². The van der Waals surface area contributed by atoms with Crippen molar-refractivity contribution < 1.29 is 19.0 Å². The van der Waals surface area contributed by atoms with Gasteiger partial charge in [-0.15, -0.1) is 0 Å². The second-order valence-corrected chi connectivity index (χ2v) is 6.57. The molecule has 0 aliphatic heterocycles. The van der Waals surface area contributed by atoms with Crippen LogP contribution in [0.25, 0.3) is 16.9 Å². The molecule has 0 spiro atoms. The first kappa shape index (κ1) is 20.4. The van der Waals surface area contributed by atoms with E-state index in [1.165, 1.54) is 0 Å². The summed E-state index contributed by atoms with van der Waals surface area (Å²) in [5.41, 5.74) is 2.52. The lowest BCUT2D eigenvalue weighted by molar-refractivity contribution is 0.0906. The average molecular weight is 395 g/mol. The summed E-state index contributed by atoms with van der Waals surface area (Å²) < 4.78 is 17.6. The molecule has 2 aromatic carbocycles. The number of rotatable bonds is 8. The van der Waals surface area contributed by atoms with Gasteiger partial charge in [0.1, 0.15) is 17.2 Å². The molecule has 0 saturated heterocycles. The maximum Gasteiger partial charge on any atom is 0.255 e. The van der Waals surface area contributed by atoms with Crippen LogP contribution in [-0.4, -0.2) is 49.7 Å². The van der Waals surface area contributed by atoms with Crippen LogP contribution in [0.5, 0.6) is 11.5 Å². The van der Waals surface area contributed by atoms with Gasteiger partial charge >= 0.3 is 0 Å². The lowest BCUT2D eigenvalue weighted by Gasteiger charge is -2.13. The largest absolute Gasteiger partial charge is 0.497 e. The molecule has 29 heavy (non-hydrogen) atoms. The van der Waals surface area contributed by atoms with Gasteiger partial charge in [0.15, 0.2) is 0 Å². The van der Waals surface area contributed by atoms with Crippen LogP contribution in [0.3, 0.4) is 0 Å². The van der Waals surface area contributed by atoms with E-state index in [1.54, 1.807) is 38.3 Å². The van der Waals surface area contributed by atoms with Gasteiger partial charge in [0, 0.05) is 31.0 Å². The number of ether oxygens (including phenoxy) is 3. The van der Waals surface area contributed by atoms with E-state index in [-0.39, 0.29) is 11.9 Å². The summed E-state index contributed by atoms with van der Waals surface area (Å²) in [5, 5.41) is 7.64. The standard InChI is InChI=1S/C22H25N3O4/c1-15(14-27-2)23-22(26)19-13-25(16-8-6-5-7-9-16)24-21(19)18-11-10-17(28-3)12-20(18)29-4/h5-13,15H,14H2,1-4H3,(H,23,26). The SMILES string of the molecule is COCC(C)NC(=O)c1cn(-c2ccccc2)nc1-c1ccc(OC)cc1OC. The fourth-order valence-corrected chi connectivity index (χ4v) is 3.04. The van der Waals surface area contributed by atoms with Crippen LogP contribution in [-0.2, 0) is 4.74 Å². The molecule has 0 aliphatic rings. The van der Waals surface area contributed by atoms with Gasteiger partial charge in [0.05, 0.1) is 32.1 Å². The normalized spacial score (nSPS) is 11.7. The Morgan fingerprint density at radius 3 is 2.52 bits per heavy atom. The molecule has 1 heterocycles. The molecular weight excluding hydrogens is 370 g/mol. The van der Waals surface area contributed by atoms with E-state index in [9.17, 15) is 4.79 Å². The highest BCUT2D eigenvalue weighted by Crippen LogP contribution is 2.34. The van der Waals surface area contributed by atoms with Crippen molar-refractivity contribution in [2.24, 2.45) is 0 Å². The second kappa shape index (κ2) is 9.25. The molecule has 0 fully saturated rings. The van der Waals surface area contributed by atoms with Crippen molar-refractivity contribution in [3.8, 4) is 28.4 Å². The number of para-hydroxylation sites is 1. The number of benzene rings is 2. The monoisotopic (exact) mass is 395 g/mol. The third-order valence-corrected chi connectivity index (χ3v) is 4.44. The van der Waals surface area contributed by atoms with Gasteiger partial charge in [-0.25, -0.2) is 4.68 Å². The summed E-state index contributed by atoms with van der Waals surface area (Å²) in [4.78, 5) is 13.0. The number of methoxy groups -OCH3 is 3. The van der Waals surface area contributed by atoms with E-state index in [4.69, 9.17) is 19.3 Å². The van der Waals surface area contributed by atoms with E-state index in [0.717, 1.165) is 5.69 Å². The number of nitrogens with zero attached hydrogens (tertiary/aromatic N) is 2. The number of carbonyl (C=O) groups is 1. The average Bonchev–Trinajstić information content (AvgIpc) is 3.19. The number of hydrogen-bond acceptors (Lipinski definition) is 5. The minimum Gasteiger partial charge on any atom is -0.497 e. The molecule has 0 radical (unpaired) electrons. The second-order valence-electron chi connectivity index (χ2n) is 6.57. The first-order valence-corrected chi connectivity index (χ1v) is 9.24. The number of carbonyl (C=O) groups excluding carboxylic acids is 1. The first-order chi connectivity index (χ1) is 14.1. The van der Waals surface area contributed by atoms with E-state index in [1.807, 2.05) is 49.4 Å². The molecule has 3 rings (SSSR count). The third kappa shape index (κ3) is 4.57. The molecule has 1 amide bonds. The van der Waals surface area contributed by atoms with Crippen molar-refractivity contribution >= 4 is 5.91 Å². The van der Waals surface area contributed by atoms with Gasteiger partial charge in [0.2, 0.25) is 0 Å². The van der Waals surface area contributed by atoms with Crippen LogP contribution in [0.4, 0.5) is 0 Å². The molecule has 7 nitrogen and oxygen atoms in total. The summed E-state index contributed by atoms with van der Waals surface area (Å²) in [6, 6.07) is 14.9. The molecule has 0 bridgehead atoms. The fraction of sp³-hybridized carbons (Fsp3) is 0.273. The zero-order chi connectivity index (χ0) is 20.8. The van der Waals surface area contributed by atoms with Gasteiger partial charge in [-0.3, -0.25) is 4.79 Å². The summed E-state index contributed by atoms with van der Waals surface area (Å²) in [7, 11) is 4.77. The van der Waals surface area contributed by atoms with Gasteiger partial charge in [-0.05, 0) is 31.2 Å².